The van der Waals surface area contributed by atoms with Gasteiger partial charge in [0.2, 0.25) is 0 Å². The number of hydrogen-bond acceptors (Lipinski definition) is 6. The fourth-order valence-corrected chi connectivity index (χ4v) is 1.71. The lowest BCUT2D eigenvalue weighted by Gasteiger charge is -2.07. The van der Waals surface area contributed by atoms with E-state index in [9.17, 15) is 10.1 Å². The summed E-state index contributed by atoms with van der Waals surface area (Å²) >= 11 is 0. The highest BCUT2D eigenvalue weighted by Gasteiger charge is 2.17. The van der Waals surface area contributed by atoms with E-state index in [-0.39, 0.29) is 29.4 Å². The third kappa shape index (κ3) is 3.26. The zero-order chi connectivity index (χ0) is 15.4. The summed E-state index contributed by atoms with van der Waals surface area (Å²) in [6, 6.07) is 4.07. The van der Waals surface area contributed by atoms with Gasteiger partial charge in [-0.25, -0.2) is 0 Å². The van der Waals surface area contributed by atoms with Crippen molar-refractivity contribution in [2.45, 2.75) is 6.61 Å². The second-order valence-electron chi connectivity index (χ2n) is 4.24. The largest absolute Gasteiger partial charge is 0.482 e. The van der Waals surface area contributed by atoms with Gasteiger partial charge in [0.05, 0.1) is 11.1 Å². The molecule has 0 bridgehead atoms. The molecule has 0 fully saturated rings. The number of amidine groups is 1. The van der Waals surface area contributed by atoms with Crippen molar-refractivity contribution >= 4 is 11.5 Å². The number of nitrogens with zero attached hydrogens (tertiary/aromatic N) is 4. The third-order valence-electron chi connectivity index (χ3n) is 2.71. The Morgan fingerprint density at radius 2 is 2.38 bits per heavy atom. The van der Waals surface area contributed by atoms with Crippen LogP contribution in [0, 0.1) is 10.1 Å². The van der Waals surface area contributed by atoms with E-state index in [0.717, 1.165) is 5.56 Å². The Morgan fingerprint density at radius 1 is 1.62 bits per heavy atom. The van der Waals surface area contributed by atoms with E-state index in [1.165, 1.54) is 18.2 Å². The standard InChI is InChI=1S/C12H13N5O4/c1-16-6-8(5-14-16)7-21-11-3-2-9(12(13)15-18)4-10(11)17(19)20/h2-6,18H,7H2,1H3,(H2,13,15). The normalized spacial score (nSPS) is 11.4. The van der Waals surface area contributed by atoms with E-state index in [2.05, 4.69) is 10.3 Å². The van der Waals surface area contributed by atoms with Gasteiger partial charge in [0, 0.05) is 30.4 Å². The van der Waals surface area contributed by atoms with Gasteiger partial charge in [-0.2, -0.15) is 5.10 Å². The second-order valence-corrected chi connectivity index (χ2v) is 4.24. The van der Waals surface area contributed by atoms with Crippen molar-refractivity contribution in [1.82, 2.24) is 9.78 Å². The van der Waals surface area contributed by atoms with E-state index in [1.807, 2.05) is 0 Å². The van der Waals surface area contributed by atoms with Crippen molar-refractivity contribution in [2.75, 3.05) is 0 Å². The maximum Gasteiger partial charge on any atom is 0.311 e. The lowest BCUT2D eigenvalue weighted by atomic mass is 10.1. The van der Waals surface area contributed by atoms with Crippen LogP contribution in [0.2, 0.25) is 0 Å². The van der Waals surface area contributed by atoms with Crippen LogP contribution in [0.5, 0.6) is 5.75 Å². The van der Waals surface area contributed by atoms with Gasteiger partial charge < -0.3 is 15.7 Å². The van der Waals surface area contributed by atoms with Gasteiger partial charge in [-0.15, -0.1) is 0 Å². The van der Waals surface area contributed by atoms with Crippen molar-refractivity contribution in [3.8, 4) is 5.75 Å². The first kappa shape index (κ1) is 14.3. The molecule has 0 radical (unpaired) electrons. The van der Waals surface area contributed by atoms with E-state index < -0.39 is 4.92 Å². The summed E-state index contributed by atoms with van der Waals surface area (Å²) in [5.74, 6) is -0.116. The Morgan fingerprint density at radius 3 is 2.95 bits per heavy atom. The van der Waals surface area contributed by atoms with Crippen LogP contribution in [0.4, 0.5) is 5.69 Å². The molecule has 9 heteroatoms. The van der Waals surface area contributed by atoms with Crippen molar-refractivity contribution in [1.29, 1.82) is 0 Å². The minimum Gasteiger partial charge on any atom is -0.482 e. The average molecular weight is 291 g/mol. The summed E-state index contributed by atoms with van der Waals surface area (Å²) in [5.41, 5.74) is 6.16. The molecule has 1 heterocycles. The van der Waals surface area contributed by atoms with E-state index in [1.54, 1.807) is 24.1 Å². The third-order valence-corrected chi connectivity index (χ3v) is 2.71. The number of ether oxygens (including phenoxy) is 1. The van der Waals surface area contributed by atoms with E-state index in [4.69, 9.17) is 15.7 Å². The monoisotopic (exact) mass is 291 g/mol. The molecule has 0 unspecified atom stereocenters. The molecule has 0 atom stereocenters. The number of rotatable bonds is 5. The molecule has 0 saturated heterocycles. The van der Waals surface area contributed by atoms with Gasteiger partial charge >= 0.3 is 5.69 Å². The van der Waals surface area contributed by atoms with Crippen LogP contribution in [-0.2, 0) is 13.7 Å². The summed E-state index contributed by atoms with van der Waals surface area (Å²) in [6.45, 7) is 0.150. The van der Waals surface area contributed by atoms with Gasteiger partial charge in [0.1, 0.15) is 6.61 Å². The van der Waals surface area contributed by atoms with E-state index >= 15 is 0 Å². The zero-order valence-corrected chi connectivity index (χ0v) is 11.1. The Labute approximate surface area is 119 Å². The summed E-state index contributed by atoms with van der Waals surface area (Å²) in [5, 5.41) is 26.4. The molecular weight excluding hydrogens is 278 g/mol. The minimum atomic E-state index is -0.591. The Kier molecular flexibility index (Phi) is 4.02. The summed E-state index contributed by atoms with van der Waals surface area (Å²) < 4.78 is 7.03. The number of nitrogens with two attached hydrogens (primary N) is 1. The molecule has 0 aliphatic rings. The molecule has 0 spiro atoms. The van der Waals surface area contributed by atoms with Crippen molar-refractivity contribution in [3.05, 3.63) is 51.8 Å². The van der Waals surface area contributed by atoms with Gasteiger partial charge in [0.25, 0.3) is 0 Å². The number of benzene rings is 1. The molecule has 9 nitrogen and oxygen atoms in total. The van der Waals surface area contributed by atoms with Crippen molar-refractivity contribution in [2.24, 2.45) is 17.9 Å². The molecule has 21 heavy (non-hydrogen) atoms. The number of oxime groups is 1. The molecule has 0 aliphatic carbocycles. The van der Waals surface area contributed by atoms with Crippen LogP contribution < -0.4 is 10.5 Å². The minimum absolute atomic E-state index is 0.0957. The SMILES string of the molecule is Cn1cc(COc2ccc(C(N)=NO)cc2[N+](=O)[O-])cn1. The number of aromatic nitrogens is 2. The highest BCUT2D eigenvalue weighted by atomic mass is 16.6. The topological polar surface area (TPSA) is 129 Å². The second kappa shape index (κ2) is 5.90. The lowest BCUT2D eigenvalue weighted by molar-refractivity contribution is -0.386. The van der Waals surface area contributed by atoms with Crippen LogP contribution in [0.1, 0.15) is 11.1 Å². The molecular formula is C12H13N5O4. The van der Waals surface area contributed by atoms with Gasteiger partial charge in [0.15, 0.2) is 11.6 Å². The number of nitro benzene ring substituents is 1. The molecule has 1 aromatic heterocycles. The predicted molar refractivity (Wildman–Crippen MR) is 73.1 cm³/mol. The fourth-order valence-electron chi connectivity index (χ4n) is 1.71. The van der Waals surface area contributed by atoms with Gasteiger partial charge in [-0.05, 0) is 12.1 Å². The number of hydrogen-bond donors (Lipinski definition) is 2. The summed E-state index contributed by atoms with van der Waals surface area (Å²) in [4.78, 5) is 10.5. The molecule has 2 rings (SSSR count). The fraction of sp³-hybridized carbons (Fsp3) is 0.167. The molecule has 0 aliphatic heterocycles. The van der Waals surface area contributed by atoms with Crippen molar-refractivity contribution < 1.29 is 14.9 Å². The van der Waals surface area contributed by atoms with Crippen molar-refractivity contribution in [3.63, 3.8) is 0 Å². The van der Waals surface area contributed by atoms with Gasteiger partial charge in [-0.3, -0.25) is 14.8 Å². The summed E-state index contributed by atoms with van der Waals surface area (Å²) in [7, 11) is 1.76. The van der Waals surface area contributed by atoms with Crippen LogP contribution in [0.25, 0.3) is 0 Å². The smallest absolute Gasteiger partial charge is 0.311 e. The summed E-state index contributed by atoms with van der Waals surface area (Å²) in [6.07, 6.45) is 3.35. The number of nitro groups is 1. The Hall–Kier alpha value is -3.10. The van der Waals surface area contributed by atoms with Crippen LogP contribution >= 0.6 is 0 Å². The first-order valence-electron chi connectivity index (χ1n) is 5.88. The molecule has 3 N–H and O–H groups in total. The van der Waals surface area contributed by atoms with Crippen LogP contribution in [0.15, 0.2) is 35.7 Å². The maximum absolute atomic E-state index is 11.1. The van der Waals surface area contributed by atoms with Gasteiger partial charge in [-0.1, -0.05) is 5.16 Å². The Balaban J connectivity index is 2.24. The quantitative estimate of drug-likeness (QED) is 0.278. The Bertz CT molecular complexity index is 695. The first-order valence-corrected chi connectivity index (χ1v) is 5.88. The lowest BCUT2D eigenvalue weighted by Crippen LogP contribution is -2.13. The highest BCUT2D eigenvalue weighted by molar-refractivity contribution is 5.97. The molecule has 0 amide bonds. The van der Waals surface area contributed by atoms with Crippen LogP contribution in [0.3, 0.4) is 0 Å². The zero-order valence-electron chi connectivity index (χ0n) is 11.1. The highest BCUT2D eigenvalue weighted by Crippen LogP contribution is 2.28. The van der Waals surface area contributed by atoms with Crippen LogP contribution in [-0.4, -0.2) is 25.7 Å². The maximum atomic E-state index is 11.1. The molecule has 1 aromatic carbocycles. The molecule has 110 valence electrons. The predicted octanol–water partition coefficient (Wildman–Crippen LogP) is 1.00. The average Bonchev–Trinajstić information content (AvgIpc) is 2.89. The first-order chi connectivity index (χ1) is 10.0. The van der Waals surface area contributed by atoms with E-state index in [0.29, 0.717) is 0 Å². The molecule has 0 saturated carbocycles. The number of aryl methyl sites for hydroxylation is 1. The molecule has 2 aromatic rings.